The summed E-state index contributed by atoms with van der Waals surface area (Å²) in [7, 11) is 0. The summed E-state index contributed by atoms with van der Waals surface area (Å²) >= 11 is 0. The van der Waals surface area contributed by atoms with Crippen LogP contribution in [0.25, 0.3) is 0 Å². The molecule has 0 aliphatic carbocycles. The van der Waals surface area contributed by atoms with Crippen molar-refractivity contribution in [2.45, 2.75) is 13.8 Å². The summed E-state index contributed by atoms with van der Waals surface area (Å²) in [5.41, 5.74) is 0. The molecule has 0 aliphatic heterocycles. The Morgan fingerprint density at radius 2 is 1.00 bits per heavy atom. The molecule has 0 heterocycles. The zero-order chi connectivity index (χ0) is 3.58. The first kappa shape index (κ1) is 33.6. The fourth-order valence-corrected chi connectivity index (χ4v) is 0. The molecule has 4 heteroatoms. The Labute approximate surface area is 85.3 Å². The molecule has 0 N–H and O–H groups in total. The van der Waals surface area contributed by atoms with E-state index in [-0.39, 0.29) is 58.9 Å². The Hall–Kier alpha value is 1.58. The number of hydrogen-bond donors (Lipinski definition) is 0. The fourth-order valence-electron chi connectivity index (χ4n) is 0. The molecule has 0 aliphatic rings. The first-order valence-electron chi connectivity index (χ1n) is 1.56. The van der Waals surface area contributed by atoms with Gasteiger partial charge in [-0.05, 0) is 0 Å². The van der Waals surface area contributed by atoms with Crippen molar-refractivity contribution in [2.24, 2.45) is 5.92 Å². The molecule has 0 aromatic heterocycles. The van der Waals surface area contributed by atoms with E-state index in [1.54, 1.807) is 0 Å². The largest absolute Gasteiger partial charge is 0.341 e. The van der Waals surface area contributed by atoms with Gasteiger partial charge in [0.05, 0.1) is 0 Å². The first-order valence-corrected chi connectivity index (χ1v) is 1.56. The van der Waals surface area contributed by atoms with Crippen LogP contribution in [0.15, 0.2) is 0 Å². The molecule has 0 saturated heterocycles. The summed E-state index contributed by atoms with van der Waals surface area (Å²) in [4.78, 5) is 0. The van der Waals surface area contributed by atoms with Crippen LogP contribution in [0.2, 0.25) is 0 Å². The van der Waals surface area contributed by atoms with Crippen LogP contribution in [0.1, 0.15) is 13.8 Å². The molecule has 0 atom stereocenters. The molecule has 0 aromatic carbocycles. The van der Waals surface area contributed by atoms with E-state index < -0.39 is 0 Å². The van der Waals surface area contributed by atoms with Gasteiger partial charge in [-0.3, -0.25) is 0 Å². The van der Waals surface area contributed by atoms with Gasteiger partial charge in [0, 0.05) is 21.7 Å². The number of halogens is 3. The summed E-state index contributed by atoms with van der Waals surface area (Å²) in [6, 6.07) is 0. The molecule has 8 heavy (non-hydrogen) atoms. The Morgan fingerprint density at radius 3 is 1.00 bits per heavy atom. The zero-order valence-electron chi connectivity index (χ0n) is 5.01. The minimum absolute atomic E-state index is 0. The molecule has 0 rings (SSSR count). The van der Waals surface area contributed by atoms with Gasteiger partial charge in [-0.2, -0.15) is 5.92 Å². The van der Waals surface area contributed by atoms with Crippen LogP contribution in [-0.2, 0) is 21.7 Å². The van der Waals surface area contributed by atoms with Gasteiger partial charge < -0.3 is 6.92 Å². The van der Waals surface area contributed by atoms with E-state index in [0.29, 0.717) is 5.92 Å². The van der Waals surface area contributed by atoms with Crippen LogP contribution in [0.5, 0.6) is 0 Å². The van der Waals surface area contributed by atoms with Gasteiger partial charge in [0.25, 0.3) is 0 Å². The molecule has 0 unspecified atom stereocenters. The van der Waals surface area contributed by atoms with Crippen molar-refractivity contribution in [1.82, 2.24) is 0 Å². The third kappa shape index (κ3) is 131. The van der Waals surface area contributed by atoms with Crippen molar-refractivity contribution < 1.29 is 21.7 Å². The summed E-state index contributed by atoms with van der Waals surface area (Å²) in [6.07, 6.45) is 0. The van der Waals surface area contributed by atoms with Crippen molar-refractivity contribution in [3.63, 3.8) is 0 Å². The Morgan fingerprint density at radius 1 is 1.00 bits per heavy atom. The van der Waals surface area contributed by atoms with Crippen molar-refractivity contribution in [3.8, 4) is 0 Å². The van der Waals surface area contributed by atoms with E-state index in [2.05, 4.69) is 20.8 Å². The van der Waals surface area contributed by atoms with E-state index in [1.165, 1.54) is 0 Å². The average molecular weight is 214 g/mol. The van der Waals surface area contributed by atoms with E-state index >= 15 is 0 Å². The van der Waals surface area contributed by atoms with Gasteiger partial charge in [0.15, 0.2) is 0 Å². The minimum atomic E-state index is 0. The van der Waals surface area contributed by atoms with Crippen LogP contribution < -0.4 is 0 Å². The molecule has 54 valence electrons. The first-order chi connectivity index (χ1) is 1.73. The van der Waals surface area contributed by atoms with Crippen LogP contribution in [-0.4, -0.2) is 0 Å². The van der Waals surface area contributed by atoms with Crippen LogP contribution in [0, 0.1) is 12.8 Å². The molecule has 0 amide bonds. The predicted molar refractivity (Wildman–Crippen MR) is 41.9 cm³/mol. The maximum absolute atomic E-state index is 3.64. The molecule has 0 spiro atoms. The smallest absolute Gasteiger partial charge is 0 e. The molecular formula is C4H12Cl3Ti-. The number of hydrogen-bond acceptors (Lipinski definition) is 0. The Balaban J connectivity index is -0.00000000750. The molecule has 0 fully saturated rings. The van der Waals surface area contributed by atoms with Gasteiger partial charge in [0.2, 0.25) is 0 Å². The second-order valence-electron chi connectivity index (χ2n) is 1.39. The summed E-state index contributed by atoms with van der Waals surface area (Å²) < 4.78 is 0. The van der Waals surface area contributed by atoms with E-state index in [9.17, 15) is 0 Å². The second kappa shape index (κ2) is 23.5. The fraction of sp³-hybridized carbons (Fsp3) is 0.750. The minimum Gasteiger partial charge on any atom is -0.341 e. The van der Waals surface area contributed by atoms with Crippen molar-refractivity contribution >= 4 is 37.2 Å². The molecule has 0 bridgehead atoms. The van der Waals surface area contributed by atoms with Gasteiger partial charge in [-0.25, -0.2) is 0 Å². The predicted octanol–water partition coefficient (Wildman–Crippen LogP) is 2.74. The van der Waals surface area contributed by atoms with Gasteiger partial charge in [-0.1, -0.05) is 13.8 Å². The maximum Gasteiger partial charge on any atom is 0 e. The van der Waals surface area contributed by atoms with E-state index in [1.807, 2.05) is 0 Å². The Kier molecular flexibility index (Phi) is 98.7. The topological polar surface area (TPSA) is 0 Å². The van der Waals surface area contributed by atoms with Gasteiger partial charge in [0.1, 0.15) is 0 Å². The molecule has 0 nitrogen and oxygen atoms in total. The molecule has 0 saturated carbocycles. The van der Waals surface area contributed by atoms with Crippen molar-refractivity contribution in [3.05, 3.63) is 6.92 Å². The van der Waals surface area contributed by atoms with Gasteiger partial charge in [-0.15, -0.1) is 37.2 Å². The van der Waals surface area contributed by atoms with Crippen LogP contribution in [0.3, 0.4) is 0 Å². The molecule has 0 radical (unpaired) electrons. The summed E-state index contributed by atoms with van der Waals surface area (Å²) in [5, 5.41) is 0. The average Bonchev–Trinajstić information content (AvgIpc) is 0.811. The van der Waals surface area contributed by atoms with Gasteiger partial charge >= 0.3 is 0 Å². The van der Waals surface area contributed by atoms with E-state index in [4.69, 9.17) is 0 Å². The zero-order valence-corrected chi connectivity index (χ0v) is 9.02. The third-order valence-electron chi connectivity index (χ3n) is 0. The SMILES string of the molecule is Cl.Cl.Cl.[CH2-]C(C)C.[Ti]. The third-order valence-corrected chi connectivity index (χ3v) is 0. The van der Waals surface area contributed by atoms with Crippen LogP contribution in [0.4, 0.5) is 0 Å². The number of rotatable bonds is 0. The monoisotopic (exact) mass is 213 g/mol. The second-order valence-corrected chi connectivity index (χ2v) is 1.39. The standard InChI is InChI=1S/C4H9.3ClH.Ti/c1-4(2)3;;;;/h4H,1H2,2-3H3;3*1H;/q-1;;;;. The molecule has 0 aromatic rings. The molecular weight excluding hydrogens is 202 g/mol. The van der Waals surface area contributed by atoms with Crippen molar-refractivity contribution in [1.29, 1.82) is 0 Å². The summed E-state index contributed by atoms with van der Waals surface area (Å²) in [5.74, 6) is 0.583. The van der Waals surface area contributed by atoms with E-state index in [0.717, 1.165) is 0 Å². The van der Waals surface area contributed by atoms with Crippen LogP contribution >= 0.6 is 37.2 Å². The normalized spacial score (nSPS) is 4.50. The van der Waals surface area contributed by atoms with Crippen molar-refractivity contribution in [2.75, 3.05) is 0 Å². The maximum atomic E-state index is 3.64. The summed E-state index contributed by atoms with van der Waals surface area (Å²) in [6.45, 7) is 7.75. The quantitative estimate of drug-likeness (QED) is 0.430. The Bertz CT molecular complexity index is 16.0.